The van der Waals surface area contributed by atoms with Crippen LogP contribution in [0.25, 0.3) is 0 Å². The van der Waals surface area contributed by atoms with Crippen molar-refractivity contribution >= 4 is 0 Å². The highest BCUT2D eigenvalue weighted by Crippen LogP contribution is 2.26. The van der Waals surface area contributed by atoms with E-state index in [1.807, 2.05) is 26.8 Å². The predicted molar refractivity (Wildman–Crippen MR) is 72.7 cm³/mol. The molecule has 1 aromatic carbocycles. The van der Waals surface area contributed by atoms with Crippen molar-refractivity contribution in [2.24, 2.45) is 5.92 Å². The lowest BCUT2D eigenvalue weighted by Gasteiger charge is -2.19. The van der Waals surface area contributed by atoms with Gasteiger partial charge in [0.1, 0.15) is 0 Å². The highest BCUT2D eigenvalue weighted by Gasteiger charge is 2.15. The molecule has 1 rings (SSSR count). The van der Waals surface area contributed by atoms with Crippen LogP contribution in [0.2, 0.25) is 0 Å². The first-order valence-electron chi connectivity index (χ1n) is 6.27. The van der Waals surface area contributed by atoms with Gasteiger partial charge in [0.25, 0.3) is 0 Å². The van der Waals surface area contributed by atoms with Gasteiger partial charge in [0.2, 0.25) is 0 Å². The average Bonchev–Trinajstić information content (AvgIpc) is 2.37. The summed E-state index contributed by atoms with van der Waals surface area (Å²) in [5.41, 5.74) is 2.09. The van der Waals surface area contributed by atoms with Gasteiger partial charge in [-0.2, -0.15) is 0 Å². The SMILES string of the molecule is C/C=C(\C)C(C)C(O)CCc1ccc(O)c(O)c1. The van der Waals surface area contributed by atoms with Crippen LogP contribution in [-0.4, -0.2) is 21.4 Å². The Morgan fingerprint density at radius 1 is 1.28 bits per heavy atom. The largest absolute Gasteiger partial charge is 0.504 e. The minimum Gasteiger partial charge on any atom is -0.504 e. The quantitative estimate of drug-likeness (QED) is 0.556. The van der Waals surface area contributed by atoms with Crippen LogP contribution < -0.4 is 0 Å². The Bertz CT molecular complexity index is 424. The lowest BCUT2D eigenvalue weighted by atomic mass is 9.92. The summed E-state index contributed by atoms with van der Waals surface area (Å²) in [7, 11) is 0. The summed E-state index contributed by atoms with van der Waals surface area (Å²) in [6.07, 6.45) is 2.94. The van der Waals surface area contributed by atoms with Gasteiger partial charge in [-0.15, -0.1) is 0 Å². The summed E-state index contributed by atoms with van der Waals surface area (Å²) in [6, 6.07) is 4.77. The van der Waals surface area contributed by atoms with Gasteiger partial charge >= 0.3 is 0 Å². The molecule has 0 spiro atoms. The average molecular weight is 250 g/mol. The third-order valence-electron chi connectivity index (χ3n) is 3.52. The van der Waals surface area contributed by atoms with Crippen LogP contribution in [0.4, 0.5) is 0 Å². The lowest BCUT2D eigenvalue weighted by molar-refractivity contribution is 0.123. The molecule has 0 saturated heterocycles. The Balaban J connectivity index is 2.57. The van der Waals surface area contributed by atoms with Crippen molar-refractivity contribution < 1.29 is 15.3 Å². The molecule has 0 aromatic heterocycles. The Hall–Kier alpha value is -1.48. The molecule has 0 aliphatic heterocycles. The third kappa shape index (κ3) is 3.77. The second-order valence-electron chi connectivity index (χ2n) is 4.75. The summed E-state index contributed by atoms with van der Waals surface area (Å²) < 4.78 is 0. The number of aliphatic hydroxyl groups is 1. The molecule has 2 atom stereocenters. The van der Waals surface area contributed by atoms with E-state index >= 15 is 0 Å². The van der Waals surface area contributed by atoms with Crippen LogP contribution in [0.1, 0.15) is 32.8 Å². The van der Waals surface area contributed by atoms with Gasteiger partial charge in [0, 0.05) is 5.92 Å². The normalized spacial score (nSPS) is 15.4. The topological polar surface area (TPSA) is 60.7 Å². The molecule has 3 N–H and O–H groups in total. The van der Waals surface area contributed by atoms with Crippen LogP contribution in [0.5, 0.6) is 11.5 Å². The van der Waals surface area contributed by atoms with E-state index in [-0.39, 0.29) is 17.4 Å². The van der Waals surface area contributed by atoms with Crippen LogP contribution in [0.3, 0.4) is 0 Å². The van der Waals surface area contributed by atoms with Gasteiger partial charge in [-0.3, -0.25) is 0 Å². The molecule has 0 radical (unpaired) electrons. The molecule has 3 nitrogen and oxygen atoms in total. The van der Waals surface area contributed by atoms with Crippen LogP contribution >= 0.6 is 0 Å². The van der Waals surface area contributed by atoms with E-state index in [4.69, 9.17) is 0 Å². The van der Waals surface area contributed by atoms with Crippen molar-refractivity contribution in [2.45, 2.75) is 39.7 Å². The maximum absolute atomic E-state index is 10.1. The van der Waals surface area contributed by atoms with Crippen molar-refractivity contribution in [3.05, 3.63) is 35.4 Å². The standard InChI is InChI=1S/C15H22O3/c1-4-10(2)11(3)13(16)7-5-12-6-8-14(17)15(18)9-12/h4,6,8-9,11,13,16-18H,5,7H2,1-3H3/b10-4+. The zero-order valence-electron chi connectivity index (χ0n) is 11.2. The van der Waals surface area contributed by atoms with Gasteiger partial charge in [-0.1, -0.05) is 24.6 Å². The summed E-state index contributed by atoms with van der Waals surface area (Å²) in [5.74, 6) is -0.0854. The van der Waals surface area contributed by atoms with Crippen molar-refractivity contribution in [3.8, 4) is 11.5 Å². The number of aromatic hydroxyl groups is 2. The monoisotopic (exact) mass is 250 g/mol. The zero-order valence-corrected chi connectivity index (χ0v) is 11.2. The minimum absolute atomic E-state index is 0.111. The van der Waals surface area contributed by atoms with E-state index in [9.17, 15) is 15.3 Å². The fourth-order valence-corrected chi connectivity index (χ4v) is 1.86. The number of rotatable bonds is 5. The Labute approximate surface area is 108 Å². The fraction of sp³-hybridized carbons (Fsp3) is 0.467. The fourth-order valence-electron chi connectivity index (χ4n) is 1.86. The number of benzene rings is 1. The van der Waals surface area contributed by atoms with E-state index < -0.39 is 6.10 Å². The van der Waals surface area contributed by atoms with Gasteiger partial charge in [-0.05, 0) is 44.4 Å². The molecule has 100 valence electrons. The molecular weight excluding hydrogens is 228 g/mol. The first-order chi connectivity index (χ1) is 8.45. The molecule has 0 heterocycles. The van der Waals surface area contributed by atoms with Crippen molar-refractivity contribution in [1.82, 2.24) is 0 Å². The molecule has 0 aliphatic carbocycles. The van der Waals surface area contributed by atoms with E-state index in [0.717, 1.165) is 5.56 Å². The van der Waals surface area contributed by atoms with Crippen LogP contribution in [0.15, 0.2) is 29.8 Å². The van der Waals surface area contributed by atoms with E-state index in [2.05, 4.69) is 0 Å². The van der Waals surface area contributed by atoms with E-state index in [1.165, 1.54) is 17.7 Å². The molecule has 18 heavy (non-hydrogen) atoms. The maximum Gasteiger partial charge on any atom is 0.157 e. The first kappa shape index (κ1) is 14.6. The number of phenolic OH excluding ortho intramolecular Hbond substituents is 2. The Kier molecular flexibility index (Phi) is 5.23. The van der Waals surface area contributed by atoms with Crippen LogP contribution in [0, 0.1) is 5.92 Å². The molecular formula is C15H22O3. The summed E-state index contributed by atoms with van der Waals surface area (Å²) >= 11 is 0. The number of aryl methyl sites for hydroxylation is 1. The molecule has 2 unspecified atom stereocenters. The Morgan fingerprint density at radius 2 is 1.94 bits per heavy atom. The highest BCUT2D eigenvalue weighted by molar-refractivity contribution is 5.40. The summed E-state index contributed by atoms with van der Waals surface area (Å²) in [4.78, 5) is 0. The van der Waals surface area contributed by atoms with Crippen molar-refractivity contribution in [2.75, 3.05) is 0 Å². The molecule has 0 aliphatic rings. The van der Waals surface area contributed by atoms with E-state index in [1.54, 1.807) is 6.07 Å². The highest BCUT2D eigenvalue weighted by atomic mass is 16.3. The maximum atomic E-state index is 10.1. The van der Waals surface area contributed by atoms with Gasteiger partial charge in [-0.25, -0.2) is 0 Å². The van der Waals surface area contributed by atoms with Crippen molar-refractivity contribution in [1.29, 1.82) is 0 Å². The zero-order chi connectivity index (χ0) is 13.7. The smallest absolute Gasteiger partial charge is 0.157 e. The minimum atomic E-state index is -0.392. The lowest BCUT2D eigenvalue weighted by Crippen LogP contribution is -2.19. The second kappa shape index (κ2) is 6.45. The molecule has 0 amide bonds. The van der Waals surface area contributed by atoms with Gasteiger partial charge < -0.3 is 15.3 Å². The Morgan fingerprint density at radius 3 is 2.50 bits per heavy atom. The third-order valence-corrected chi connectivity index (χ3v) is 3.52. The van der Waals surface area contributed by atoms with Gasteiger partial charge in [0.15, 0.2) is 11.5 Å². The number of allylic oxidation sites excluding steroid dienone is 1. The predicted octanol–water partition coefficient (Wildman–Crippen LogP) is 2.99. The summed E-state index contributed by atoms with van der Waals surface area (Å²) in [5, 5.41) is 28.6. The number of hydrogen-bond donors (Lipinski definition) is 3. The number of phenols is 2. The number of aliphatic hydroxyl groups excluding tert-OH is 1. The molecule has 0 fully saturated rings. The number of hydrogen-bond acceptors (Lipinski definition) is 3. The van der Waals surface area contributed by atoms with Crippen LogP contribution in [-0.2, 0) is 6.42 Å². The first-order valence-corrected chi connectivity index (χ1v) is 6.27. The molecule has 0 bridgehead atoms. The molecule has 1 aromatic rings. The molecule has 0 saturated carbocycles. The second-order valence-corrected chi connectivity index (χ2v) is 4.75. The van der Waals surface area contributed by atoms with Crippen molar-refractivity contribution in [3.63, 3.8) is 0 Å². The van der Waals surface area contributed by atoms with Gasteiger partial charge in [0.05, 0.1) is 6.10 Å². The van der Waals surface area contributed by atoms with E-state index in [0.29, 0.717) is 12.8 Å². The molecule has 3 heteroatoms. The summed E-state index contributed by atoms with van der Waals surface area (Å²) in [6.45, 7) is 5.99.